The molecule has 0 aliphatic carbocycles. The van der Waals surface area contributed by atoms with Gasteiger partial charge in [0.2, 0.25) is 11.8 Å². The molecule has 0 radical (unpaired) electrons. The molecule has 1 N–H and O–H groups in total. The number of hydrogen-bond donors (Lipinski definition) is 1. The van der Waals surface area contributed by atoms with Gasteiger partial charge in [0, 0.05) is 37.9 Å². The highest BCUT2D eigenvalue weighted by Gasteiger charge is 2.36. The molecule has 5 nitrogen and oxygen atoms in total. The molecule has 0 spiro atoms. The van der Waals surface area contributed by atoms with Gasteiger partial charge in [-0.3, -0.25) is 9.59 Å². The van der Waals surface area contributed by atoms with Crippen LogP contribution in [0.5, 0.6) is 5.75 Å². The van der Waals surface area contributed by atoms with Crippen molar-refractivity contribution in [2.45, 2.75) is 58.6 Å². The van der Waals surface area contributed by atoms with Gasteiger partial charge in [-0.15, -0.1) is 0 Å². The lowest BCUT2D eigenvalue weighted by Crippen LogP contribution is -2.45. The van der Waals surface area contributed by atoms with Crippen molar-refractivity contribution < 1.29 is 14.3 Å². The highest BCUT2D eigenvalue weighted by Crippen LogP contribution is 2.40. The molecule has 2 amide bonds. The first-order valence-electron chi connectivity index (χ1n) is 9.10. The van der Waals surface area contributed by atoms with E-state index in [-0.39, 0.29) is 29.4 Å². The summed E-state index contributed by atoms with van der Waals surface area (Å²) in [6.45, 7) is 9.08. The van der Waals surface area contributed by atoms with Crippen LogP contribution in [0.4, 0.5) is 0 Å². The fourth-order valence-electron chi connectivity index (χ4n) is 3.83. The molecule has 1 saturated heterocycles. The second-order valence-electron chi connectivity index (χ2n) is 7.95. The number of rotatable bonds is 2. The Labute approximate surface area is 149 Å². The number of fused-ring (bicyclic) bond motifs is 1. The molecule has 0 unspecified atom stereocenters. The van der Waals surface area contributed by atoms with Crippen molar-refractivity contribution >= 4 is 11.8 Å². The SMILES string of the molecule is CC(=O)N1CCC(C(=O)N[C@@H]2CC(C)(C)Oc3cc(C)ccc32)CC1. The van der Waals surface area contributed by atoms with Crippen molar-refractivity contribution in [3.05, 3.63) is 29.3 Å². The molecule has 3 rings (SSSR count). The smallest absolute Gasteiger partial charge is 0.223 e. The molecule has 0 bridgehead atoms. The average Bonchev–Trinajstić information content (AvgIpc) is 2.53. The maximum Gasteiger partial charge on any atom is 0.223 e. The molecule has 2 aliphatic heterocycles. The standard InChI is InChI=1S/C20H28N2O3/c1-13-5-6-16-17(12-20(3,4)25-18(16)11-13)21-19(24)15-7-9-22(10-8-15)14(2)23/h5-6,11,15,17H,7-10,12H2,1-4H3,(H,21,24)/t17-/m1/s1. The number of amides is 2. The quantitative estimate of drug-likeness (QED) is 0.897. The van der Waals surface area contributed by atoms with Gasteiger partial charge in [-0.2, -0.15) is 0 Å². The minimum atomic E-state index is -0.309. The summed E-state index contributed by atoms with van der Waals surface area (Å²) in [5.74, 6) is 1.04. The molecule has 136 valence electrons. The van der Waals surface area contributed by atoms with Gasteiger partial charge in [0.1, 0.15) is 11.4 Å². The molecule has 1 fully saturated rings. The molecule has 25 heavy (non-hydrogen) atoms. The second-order valence-corrected chi connectivity index (χ2v) is 7.95. The zero-order valence-electron chi connectivity index (χ0n) is 15.6. The van der Waals surface area contributed by atoms with Crippen LogP contribution in [0.25, 0.3) is 0 Å². The fraction of sp³-hybridized carbons (Fsp3) is 0.600. The number of aryl methyl sites for hydroxylation is 1. The van der Waals surface area contributed by atoms with Crippen LogP contribution in [0.1, 0.15) is 57.2 Å². The monoisotopic (exact) mass is 344 g/mol. The summed E-state index contributed by atoms with van der Waals surface area (Å²) in [5.41, 5.74) is 1.90. The summed E-state index contributed by atoms with van der Waals surface area (Å²) in [5, 5.41) is 3.24. The lowest BCUT2D eigenvalue weighted by molar-refractivity contribution is -0.134. The molecule has 5 heteroatoms. The van der Waals surface area contributed by atoms with Gasteiger partial charge in [0.05, 0.1) is 6.04 Å². The highest BCUT2D eigenvalue weighted by molar-refractivity contribution is 5.80. The predicted octanol–water partition coefficient (Wildman–Crippen LogP) is 2.97. The fourth-order valence-corrected chi connectivity index (χ4v) is 3.83. The van der Waals surface area contributed by atoms with Crippen molar-refractivity contribution in [1.29, 1.82) is 0 Å². The van der Waals surface area contributed by atoms with Gasteiger partial charge in [0.15, 0.2) is 0 Å². The first kappa shape index (κ1) is 17.8. The largest absolute Gasteiger partial charge is 0.487 e. The van der Waals surface area contributed by atoms with E-state index in [1.54, 1.807) is 6.92 Å². The Morgan fingerprint density at radius 2 is 1.92 bits per heavy atom. The summed E-state index contributed by atoms with van der Waals surface area (Å²) in [6.07, 6.45) is 2.22. The summed E-state index contributed by atoms with van der Waals surface area (Å²) in [7, 11) is 0. The predicted molar refractivity (Wildman–Crippen MR) is 96.4 cm³/mol. The lowest BCUT2D eigenvalue weighted by Gasteiger charge is -2.39. The first-order valence-corrected chi connectivity index (χ1v) is 9.10. The molecular formula is C20H28N2O3. The van der Waals surface area contributed by atoms with Gasteiger partial charge >= 0.3 is 0 Å². The van der Waals surface area contributed by atoms with Crippen LogP contribution in [0.2, 0.25) is 0 Å². The Kier molecular flexibility index (Phi) is 4.76. The molecule has 2 aliphatic rings. The average molecular weight is 344 g/mol. The number of hydrogen-bond acceptors (Lipinski definition) is 3. The topological polar surface area (TPSA) is 58.6 Å². The minimum Gasteiger partial charge on any atom is -0.487 e. The summed E-state index contributed by atoms with van der Waals surface area (Å²) in [4.78, 5) is 26.0. The molecular weight excluding hydrogens is 316 g/mol. The molecule has 0 aromatic heterocycles. The van der Waals surface area contributed by atoms with Crippen LogP contribution in [0.3, 0.4) is 0 Å². The van der Waals surface area contributed by atoms with Crippen LogP contribution in [0, 0.1) is 12.8 Å². The summed E-state index contributed by atoms with van der Waals surface area (Å²) >= 11 is 0. The van der Waals surface area contributed by atoms with Gasteiger partial charge in [-0.25, -0.2) is 0 Å². The van der Waals surface area contributed by atoms with Gasteiger partial charge in [-0.05, 0) is 45.2 Å². The highest BCUT2D eigenvalue weighted by atomic mass is 16.5. The Morgan fingerprint density at radius 1 is 1.24 bits per heavy atom. The maximum absolute atomic E-state index is 12.8. The number of nitrogens with zero attached hydrogens (tertiary/aromatic N) is 1. The minimum absolute atomic E-state index is 0.0181. The van der Waals surface area contributed by atoms with Crippen LogP contribution in [-0.4, -0.2) is 35.4 Å². The number of benzene rings is 1. The third-order valence-electron chi connectivity index (χ3n) is 5.25. The third-order valence-corrected chi connectivity index (χ3v) is 5.25. The number of carbonyl (C=O) groups is 2. The number of ether oxygens (including phenoxy) is 1. The first-order chi connectivity index (χ1) is 11.7. The van der Waals surface area contributed by atoms with E-state index >= 15 is 0 Å². The van der Waals surface area contributed by atoms with E-state index in [9.17, 15) is 9.59 Å². The maximum atomic E-state index is 12.8. The Morgan fingerprint density at radius 3 is 2.56 bits per heavy atom. The van der Waals surface area contributed by atoms with Gasteiger partial charge < -0.3 is 15.0 Å². The third kappa shape index (κ3) is 3.97. The van der Waals surface area contributed by atoms with Crippen LogP contribution < -0.4 is 10.1 Å². The van der Waals surface area contributed by atoms with Crippen LogP contribution in [-0.2, 0) is 9.59 Å². The molecule has 1 atom stereocenters. The molecule has 1 aromatic rings. The van der Waals surface area contributed by atoms with Crippen molar-refractivity contribution in [2.24, 2.45) is 5.92 Å². The van der Waals surface area contributed by atoms with Gasteiger partial charge in [0.25, 0.3) is 0 Å². The number of likely N-dealkylation sites (tertiary alicyclic amines) is 1. The van der Waals surface area contributed by atoms with E-state index in [1.807, 2.05) is 17.9 Å². The molecule has 2 heterocycles. The summed E-state index contributed by atoms with van der Waals surface area (Å²) < 4.78 is 6.10. The van der Waals surface area contributed by atoms with Gasteiger partial charge in [-0.1, -0.05) is 12.1 Å². The van der Waals surface area contributed by atoms with Crippen LogP contribution >= 0.6 is 0 Å². The number of piperidine rings is 1. The van der Waals surface area contributed by atoms with Crippen molar-refractivity contribution in [3.63, 3.8) is 0 Å². The van der Waals surface area contributed by atoms with E-state index in [4.69, 9.17) is 4.74 Å². The number of nitrogens with one attached hydrogen (secondary N) is 1. The van der Waals surface area contributed by atoms with Crippen LogP contribution in [0.15, 0.2) is 18.2 Å². The van der Waals surface area contributed by atoms with E-state index < -0.39 is 0 Å². The van der Waals surface area contributed by atoms with E-state index in [2.05, 4.69) is 31.3 Å². The molecule has 0 saturated carbocycles. The zero-order chi connectivity index (χ0) is 18.2. The van der Waals surface area contributed by atoms with Crippen molar-refractivity contribution in [2.75, 3.05) is 13.1 Å². The Bertz CT molecular complexity index is 676. The Balaban J connectivity index is 1.70. The summed E-state index contributed by atoms with van der Waals surface area (Å²) in [6, 6.07) is 6.13. The number of carbonyl (C=O) groups excluding carboxylic acids is 2. The second kappa shape index (κ2) is 6.70. The van der Waals surface area contributed by atoms with E-state index in [0.29, 0.717) is 13.1 Å². The lowest BCUT2D eigenvalue weighted by atomic mass is 9.88. The van der Waals surface area contributed by atoms with E-state index in [0.717, 1.165) is 36.1 Å². The molecule has 1 aromatic carbocycles. The zero-order valence-corrected chi connectivity index (χ0v) is 15.6. The van der Waals surface area contributed by atoms with Crippen molar-refractivity contribution in [1.82, 2.24) is 10.2 Å². The van der Waals surface area contributed by atoms with Crippen molar-refractivity contribution in [3.8, 4) is 5.75 Å². The van der Waals surface area contributed by atoms with E-state index in [1.165, 1.54) is 0 Å². The normalized spacial score (nSPS) is 22.7. The Hall–Kier alpha value is -2.04.